The number of hydrogen-bond acceptors (Lipinski definition) is 8. The van der Waals surface area contributed by atoms with E-state index >= 15 is 0 Å². The van der Waals surface area contributed by atoms with Crippen LogP contribution in [0.3, 0.4) is 0 Å². The number of nitrogens with zero attached hydrogens (tertiary/aromatic N) is 2. The minimum atomic E-state index is -2.53. The molecule has 1 aromatic heterocycles. The van der Waals surface area contributed by atoms with Crippen molar-refractivity contribution < 1.29 is 29.7 Å². The summed E-state index contributed by atoms with van der Waals surface area (Å²) in [7, 11) is 3.16. The number of likely N-dealkylation sites (N-methyl/N-ethyl adjacent to an activating group) is 1. The maximum absolute atomic E-state index is 13.4. The third kappa shape index (κ3) is 2.69. The number of carbonyl (C=O) groups is 3. The maximum atomic E-state index is 13.4. The highest BCUT2D eigenvalue weighted by Crippen LogP contribution is 2.51. The Morgan fingerprint density at radius 1 is 1.30 bits per heavy atom. The number of hydrogen-bond donors (Lipinski definition) is 4. The molecule has 3 aliphatic rings. The van der Waals surface area contributed by atoms with Gasteiger partial charge in [-0.1, -0.05) is 0 Å². The number of aliphatic hydroxyl groups is 3. The highest BCUT2D eigenvalue weighted by molar-refractivity contribution is 6.24. The second-order valence-corrected chi connectivity index (χ2v) is 7.96. The zero-order chi connectivity index (χ0) is 21.2. The summed E-state index contributed by atoms with van der Waals surface area (Å²) >= 11 is 0. The molecule has 10 heteroatoms. The summed E-state index contributed by atoms with van der Waals surface area (Å²) in [5.41, 5.74) is 2.90. The van der Waals surface area contributed by atoms with Gasteiger partial charge < -0.3 is 21.1 Å². The molecule has 1 saturated carbocycles. The SMILES string of the molecule is CN(C)[C@@H]1C(=O)C(C(N)=O)=C(O)[C@@]2(O)C(=O)C3=C(O)c4cccnc4C[C@H]3C[C@@H]12.Cl. The van der Waals surface area contributed by atoms with Crippen LogP contribution in [-0.4, -0.2) is 68.4 Å². The van der Waals surface area contributed by atoms with E-state index in [1.54, 1.807) is 32.4 Å². The summed E-state index contributed by atoms with van der Waals surface area (Å²) < 4.78 is 0. The number of amides is 1. The Kier molecular flexibility index (Phi) is 5.26. The van der Waals surface area contributed by atoms with Crippen LogP contribution < -0.4 is 5.73 Å². The van der Waals surface area contributed by atoms with Gasteiger partial charge in [-0.3, -0.25) is 24.3 Å². The Hall–Kier alpha value is -2.75. The number of halogens is 1. The first-order chi connectivity index (χ1) is 13.6. The van der Waals surface area contributed by atoms with E-state index in [0.29, 0.717) is 17.7 Å². The zero-order valence-electron chi connectivity index (χ0n) is 16.3. The molecule has 9 nitrogen and oxygen atoms in total. The molecule has 0 bridgehead atoms. The van der Waals surface area contributed by atoms with Gasteiger partial charge in [-0.05, 0) is 45.0 Å². The van der Waals surface area contributed by atoms with Gasteiger partial charge in [-0.15, -0.1) is 12.4 Å². The van der Waals surface area contributed by atoms with Gasteiger partial charge in [0.1, 0.15) is 17.1 Å². The number of primary amides is 1. The van der Waals surface area contributed by atoms with Crippen molar-refractivity contribution in [3.8, 4) is 0 Å². The van der Waals surface area contributed by atoms with Gasteiger partial charge in [0.25, 0.3) is 5.91 Å². The first kappa shape index (κ1) is 21.9. The van der Waals surface area contributed by atoms with Gasteiger partial charge in [0.15, 0.2) is 11.4 Å². The van der Waals surface area contributed by atoms with Crippen molar-refractivity contribution in [3.05, 3.63) is 46.5 Å². The molecule has 160 valence electrons. The highest BCUT2D eigenvalue weighted by atomic mass is 35.5. The molecule has 0 radical (unpaired) electrons. The van der Waals surface area contributed by atoms with E-state index in [1.807, 2.05) is 0 Å². The Labute approximate surface area is 178 Å². The number of nitrogens with two attached hydrogens (primary N) is 1. The monoisotopic (exact) mass is 435 g/mol. The number of carbonyl (C=O) groups excluding carboxylic acids is 3. The van der Waals surface area contributed by atoms with Crippen molar-refractivity contribution in [2.24, 2.45) is 17.6 Å². The lowest BCUT2D eigenvalue weighted by atomic mass is 9.58. The molecule has 1 amide bonds. The number of aliphatic hydroxyl groups excluding tert-OH is 2. The molecule has 1 fully saturated rings. The van der Waals surface area contributed by atoms with E-state index < -0.39 is 52.3 Å². The lowest BCUT2D eigenvalue weighted by molar-refractivity contribution is -0.153. The van der Waals surface area contributed by atoms with Crippen LogP contribution in [0.15, 0.2) is 35.2 Å². The largest absolute Gasteiger partial charge is 0.508 e. The molecule has 30 heavy (non-hydrogen) atoms. The number of Topliss-reactive ketones (excluding diaryl/α,β-unsaturated/α-hetero) is 2. The van der Waals surface area contributed by atoms with E-state index in [9.17, 15) is 29.7 Å². The predicted molar refractivity (Wildman–Crippen MR) is 108 cm³/mol. The molecule has 0 spiro atoms. The fourth-order valence-electron chi connectivity index (χ4n) is 4.95. The van der Waals surface area contributed by atoms with Gasteiger partial charge in [-0.25, -0.2) is 0 Å². The van der Waals surface area contributed by atoms with E-state index in [0.717, 1.165) is 0 Å². The van der Waals surface area contributed by atoms with Gasteiger partial charge in [0.2, 0.25) is 5.78 Å². The third-order valence-electron chi connectivity index (χ3n) is 6.21. The summed E-state index contributed by atoms with van der Waals surface area (Å²) in [5, 5.41) is 32.8. The molecule has 0 aromatic carbocycles. The zero-order valence-corrected chi connectivity index (χ0v) is 17.1. The minimum Gasteiger partial charge on any atom is -0.508 e. The lowest BCUT2D eigenvalue weighted by Gasteiger charge is -2.50. The standard InChI is InChI=1S/C20H21N3O6.ClH/c1-23(2)14-10-6-8-7-11-9(4-3-5-22-11)15(24)12(8)17(26)20(10,29)18(27)13(16(14)25)19(21)28;/h3-5,8,10,14,24,27,29H,6-7H2,1-2H3,(H2,21,28);1H/t8-,10+,14+,20+;/m1./s1. The fourth-order valence-corrected chi connectivity index (χ4v) is 4.95. The first-order valence-corrected chi connectivity index (χ1v) is 9.19. The molecule has 5 N–H and O–H groups in total. The van der Waals surface area contributed by atoms with Gasteiger partial charge in [0.05, 0.1) is 11.7 Å². The minimum absolute atomic E-state index is 0. The van der Waals surface area contributed by atoms with Crippen LogP contribution in [0, 0.1) is 11.8 Å². The Morgan fingerprint density at radius 2 is 1.97 bits per heavy atom. The number of ketones is 2. The first-order valence-electron chi connectivity index (χ1n) is 9.19. The summed E-state index contributed by atoms with van der Waals surface area (Å²) in [5.74, 6) is -5.76. The Balaban J connectivity index is 0.00000256. The molecular formula is C20H22ClN3O6. The predicted octanol–water partition coefficient (Wildman–Crippen LogP) is 0.0752. The third-order valence-corrected chi connectivity index (χ3v) is 6.21. The molecule has 0 unspecified atom stereocenters. The summed E-state index contributed by atoms with van der Waals surface area (Å²) in [6.45, 7) is 0. The van der Waals surface area contributed by atoms with Crippen molar-refractivity contribution in [2.45, 2.75) is 24.5 Å². The molecule has 1 heterocycles. The van der Waals surface area contributed by atoms with Crippen molar-refractivity contribution in [1.29, 1.82) is 0 Å². The van der Waals surface area contributed by atoms with Crippen LogP contribution in [0.2, 0.25) is 0 Å². The van der Waals surface area contributed by atoms with Crippen LogP contribution in [0.25, 0.3) is 5.76 Å². The van der Waals surface area contributed by atoms with Crippen LogP contribution >= 0.6 is 12.4 Å². The summed E-state index contributed by atoms with van der Waals surface area (Å²) in [6, 6.07) is 2.18. The average Bonchev–Trinajstić information content (AvgIpc) is 2.64. The normalized spacial score (nSPS) is 30.5. The smallest absolute Gasteiger partial charge is 0.255 e. The van der Waals surface area contributed by atoms with E-state index in [2.05, 4.69) is 4.98 Å². The molecule has 1 aromatic rings. The van der Waals surface area contributed by atoms with E-state index in [-0.39, 0.29) is 30.2 Å². The Morgan fingerprint density at radius 3 is 2.57 bits per heavy atom. The van der Waals surface area contributed by atoms with E-state index in [4.69, 9.17) is 5.73 Å². The van der Waals surface area contributed by atoms with Crippen molar-refractivity contribution >= 4 is 35.6 Å². The van der Waals surface area contributed by atoms with Gasteiger partial charge >= 0.3 is 0 Å². The van der Waals surface area contributed by atoms with Crippen LogP contribution in [-0.2, 0) is 20.8 Å². The molecule has 0 saturated heterocycles. The van der Waals surface area contributed by atoms with Crippen LogP contribution in [0.1, 0.15) is 17.7 Å². The van der Waals surface area contributed by atoms with Gasteiger partial charge in [0, 0.05) is 23.3 Å². The van der Waals surface area contributed by atoms with Gasteiger partial charge in [-0.2, -0.15) is 0 Å². The molecule has 3 aliphatic carbocycles. The quantitative estimate of drug-likeness (QED) is 0.476. The summed E-state index contributed by atoms with van der Waals surface area (Å²) in [4.78, 5) is 43.9. The van der Waals surface area contributed by atoms with Crippen molar-refractivity contribution in [3.63, 3.8) is 0 Å². The number of fused-ring (bicyclic) bond motifs is 3. The van der Waals surface area contributed by atoms with Crippen LogP contribution in [0.5, 0.6) is 0 Å². The second-order valence-electron chi connectivity index (χ2n) is 7.96. The fraction of sp³-hybridized carbons (Fsp3) is 0.400. The van der Waals surface area contributed by atoms with Crippen molar-refractivity contribution in [1.82, 2.24) is 9.88 Å². The van der Waals surface area contributed by atoms with Crippen molar-refractivity contribution in [2.75, 3.05) is 14.1 Å². The lowest BCUT2D eigenvalue weighted by Crippen LogP contribution is -2.65. The molecule has 4 rings (SSSR count). The Bertz CT molecular complexity index is 1030. The summed E-state index contributed by atoms with van der Waals surface area (Å²) in [6.07, 6.45) is 2.05. The van der Waals surface area contributed by atoms with E-state index in [1.165, 1.54) is 4.90 Å². The maximum Gasteiger partial charge on any atom is 0.255 e. The average molecular weight is 436 g/mol. The molecule has 0 aliphatic heterocycles. The number of rotatable bonds is 2. The number of pyridine rings is 1. The number of aromatic nitrogens is 1. The topological polar surface area (TPSA) is 154 Å². The second kappa shape index (κ2) is 7.19. The highest BCUT2D eigenvalue weighted by Gasteiger charge is 2.64. The van der Waals surface area contributed by atoms with Crippen LogP contribution in [0.4, 0.5) is 0 Å². The molecular weight excluding hydrogens is 414 g/mol. The molecule has 4 atom stereocenters.